The summed E-state index contributed by atoms with van der Waals surface area (Å²) in [6.07, 6.45) is 3.96. The largest absolute Gasteiger partial charge is 0.369 e. The second kappa shape index (κ2) is 5.16. The van der Waals surface area contributed by atoms with Crippen LogP contribution in [0.25, 0.3) is 0 Å². The van der Waals surface area contributed by atoms with E-state index in [2.05, 4.69) is 48.9 Å². The van der Waals surface area contributed by atoms with E-state index in [-0.39, 0.29) is 0 Å². The van der Waals surface area contributed by atoms with E-state index >= 15 is 0 Å². The summed E-state index contributed by atoms with van der Waals surface area (Å²) >= 11 is 0. The van der Waals surface area contributed by atoms with Crippen molar-refractivity contribution in [3.05, 3.63) is 29.3 Å². The molecule has 0 unspecified atom stereocenters. The maximum absolute atomic E-state index is 2.62. The summed E-state index contributed by atoms with van der Waals surface area (Å²) in [5.74, 6) is 0.627. The molecular weight excluding hydrogens is 232 g/mol. The number of hydrogen-bond acceptors (Lipinski definition) is 2. The smallest absolute Gasteiger partial charge is 0.0402 e. The molecule has 0 radical (unpaired) electrons. The maximum atomic E-state index is 2.62. The Balaban J connectivity index is 1.78. The van der Waals surface area contributed by atoms with Crippen molar-refractivity contribution in [1.82, 2.24) is 4.90 Å². The predicted octanol–water partition coefficient (Wildman–Crippen LogP) is 3.27. The first-order valence-corrected chi connectivity index (χ1v) is 7.73. The Morgan fingerprint density at radius 2 is 2.11 bits per heavy atom. The molecular formula is C17H26N2. The minimum atomic E-state index is 0.627. The van der Waals surface area contributed by atoms with Gasteiger partial charge in [0.15, 0.2) is 0 Å². The lowest BCUT2D eigenvalue weighted by atomic mass is 10.0. The second-order valence-corrected chi connectivity index (χ2v) is 6.52. The zero-order chi connectivity index (χ0) is 13.4. The molecule has 0 spiro atoms. The van der Waals surface area contributed by atoms with Gasteiger partial charge >= 0.3 is 0 Å². The normalized spacial score (nSPS) is 23.4. The zero-order valence-corrected chi connectivity index (χ0v) is 12.5. The van der Waals surface area contributed by atoms with Crippen molar-refractivity contribution in [2.45, 2.75) is 45.1 Å². The molecule has 2 aliphatic rings. The lowest BCUT2D eigenvalue weighted by Crippen LogP contribution is -2.37. The standard InChI is InChI=1S/C17H26N2/c1-13(2)15-7-6-14-8-10-19(17(14)11-15)12-16-5-4-9-18(16)3/h6-7,11,13,16H,4-5,8-10,12H2,1-3H3/t16-/m1/s1. The number of nitrogens with zero attached hydrogens (tertiary/aromatic N) is 2. The van der Waals surface area contributed by atoms with Gasteiger partial charge in [0.05, 0.1) is 0 Å². The number of hydrogen-bond donors (Lipinski definition) is 0. The lowest BCUT2D eigenvalue weighted by Gasteiger charge is -2.28. The van der Waals surface area contributed by atoms with Gasteiger partial charge in [0.2, 0.25) is 0 Å². The van der Waals surface area contributed by atoms with Gasteiger partial charge in [0.25, 0.3) is 0 Å². The maximum Gasteiger partial charge on any atom is 0.0402 e. The zero-order valence-electron chi connectivity index (χ0n) is 12.5. The highest BCUT2D eigenvalue weighted by Crippen LogP contribution is 2.32. The van der Waals surface area contributed by atoms with Gasteiger partial charge in [-0.05, 0) is 56.0 Å². The number of anilines is 1. The van der Waals surface area contributed by atoms with Crippen LogP contribution in [0.1, 0.15) is 43.7 Å². The van der Waals surface area contributed by atoms with Crippen LogP contribution in [-0.4, -0.2) is 37.6 Å². The van der Waals surface area contributed by atoms with Crippen LogP contribution in [0, 0.1) is 0 Å². The predicted molar refractivity (Wildman–Crippen MR) is 82.1 cm³/mol. The van der Waals surface area contributed by atoms with Crippen molar-refractivity contribution in [3.63, 3.8) is 0 Å². The SMILES string of the molecule is CC(C)c1ccc2c(c1)N(C[C@H]1CCCN1C)CC2. The highest BCUT2D eigenvalue weighted by Gasteiger charge is 2.27. The molecule has 0 saturated carbocycles. The molecule has 2 nitrogen and oxygen atoms in total. The molecule has 0 N–H and O–H groups in total. The summed E-state index contributed by atoms with van der Waals surface area (Å²) in [6.45, 7) is 8.27. The summed E-state index contributed by atoms with van der Waals surface area (Å²) in [7, 11) is 2.28. The van der Waals surface area contributed by atoms with E-state index in [1.54, 1.807) is 5.56 Å². The van der Waals surface area contributed by atoms with E-state index in [4.69, 9.17) is 0 Å². The molecule has 19 heavy (non-hydrogen) atoms. The molecule has 2 heteroatoms. The Kier molecular flexibility index (Phi) is 3.53. The lowest BCUT2D eigenvalue weighted by molar-refractivity contribution is 0.312. The molecule has 0 amide bonds. The summed E-state index contributed by atoms with van der Waals surface area (Å²) in [5, 5.41) is 0. The van der Waals surface area contributed by atoms with Crippen molar-refractivity contribution in [3.8, 4) is 0 Å². The van der Waals surface area contributed by atoms with Crippen LogP contribution in [0.5, 0.6) is 0 Å². The molecule has 0 aromatic heterocycles. The van der Waals surface area contributed by atoms with Crippen LogP contribution >= 0.6 is 0 Å². The minimum absolute atomic E-state index is 0.627. The van der Waals surface area contributed by atoms with Gasteiger partial charge < -0.3 is 9.80 Å². The molecule has 3 rings (SSSR count). The fourth-order valence-electron chi connectivity index (χ4n) is 3.48. The highest BCUT2D eigenvalue weighted by molar-refractivity contribution is 5.60. The Bertz CT molecular complexity index is 453. The average Bonchev–Trinajstić information content (AvgIpc) is 2.97. The first kappa shape index (κ1) is 13.0. The molecule has 1 saturated heterocycles. The minimum Gasteiger partial charge on any atom is -0.369 e. The Morgan fingerprint density at radius 1 is 1.26 bits per heavy atom. The molecule has 1 atom stereocenters. The van der Waals surface area contributed by atoms with Gasteiger partial charge in [-0.2, -0.15) is 0 Å². The molecule has 0 aliphatic carbocycles. The van der Waals surface area contributed by atoms with Gasteiger partial charge in [-0.3, -0.25) is 0 Å². The summed E-state index contributed by atoms with van der Waals surface area (Å²) in [4.78, 5) is 5.15. The van der Waals surface area contributed by atoms with Gasteiger partial charge in [-0.1, -0.05) is 26.0 Å². The third-order valence-corrected chi connectivity index (χ3v) is 4.87. The molecule has 2 aliphatic heterocycles. The average molecular weight is 258 g/mol. The number of benzene rings is 1. The van der Waals surface area contributed by atoms with Crippen molar-refractivity contribution < 1.29 is 0 Å². The fourth-order valence-corrected chi connectivity index (χ4v) is 3.48. The Morgan fingerprint density at radius 3 is 2.79 bits per heavy atom. The van der Waals surface area contributed by atoms with Crippen LogP contribution < -0.4 is 4.90 Å². The van der Waals surface area contributed by atoms with E-state index in [1.807, 2.05) is 0 Å². The molecule has 0 bridgehead atoms. The summed E-state index contributed by atoms with van der Waals surface area (Å²) in [6, 6.07) is 7.85. The van der Waals surface area contributed by atoms with Crippen LogP contribution in [0.3, 0.4) is 0 Å². The Labute approximate surface area is 117 Å². The third-order valence-electron chi connectivity index (χ3n) is 4.87. The number of likely N-dealkylation sites (N-methyl/N-ethyl adjacent to an activating group) is 1. The van der Waals surface area contributed by atoms with Gasteiger partial charge in [0, 0.05) is 24.8 Å². The summed E-state index contributed by atoms with van der Waals surface area (Å²) < 4.78 is 0. The summed E-state index contributed by atoms with van der Waals surface area (Å²) in [5.41, 5.74) is 4.53. The first-order valence-electron chi connectivity index (χ1n) is 7.73. The van der Waals surface area contributed by atoms with Crippen molar-refractivity contribution in [2.24, 2.45) is 0 Å². The van der Waals surface area contributed by atoms with Crippen LogP contribution in [0.2, 0.25) is 0 Å². The van der Waals surface area contributed by atoms with E-state index in [1.165, 1.54) is 50.1 Å². The molecule has 104 valence electrons. The molecule has 1 aromatic rings. The monoisotopic (exact) mass is 258 g/mol. The molecule has 2 heterocycles. The van der Waals surface area contributed by atoms with Gasteiger partial charge in [-0.15, -0.1) is 0 Å². The number of fused-ring (bicyclic) bond motifs is 1. The number of rotatable bonds is 3. The molecule has 1 aromatic carbocycles. The quantitative estimate of drug-likeness (QED) is 0.821. The van der Waals surface area contributed by atoms with Crippen LogP contribution in [0.15, 0.2) is 18.2 Å². The fraction of sp³-hybridized carbons (Fsp3) is 0.647. The topological polar surface area (TPSA) is 6.48 Å². The van der Waals surface area contributed by atoms with Crippen LogP contribution in [-0.2, 0) is 6.42 Å². The first-order chi connectivity index (χ1) is 9.15. The van der Waals surface area contributed by atoms with E-state index in [9.17, 15) is 0 Å². The van der Waals surface area contributed by atoms with Gasteiger partial charge in [-0.25, -0.2) is 0 Å². The second-order valence-electron chi connectivity index (χ2n) is 6.52. The van der Waals surface area contributed by atoms with Crippen molar-refractivity contribution >= 4 is 5.69 Å². The third kappa shape index (κ3) is 2.51. The molecule has 1 fully saturated rings. The van der Waals surface area contributed by atoms with Crippen molar-refractivity contribution in [1.29, 1.82) is 0 Å². The van der Waals surface area contributed by atoms with Gasteiger partial charge in [0.1, 0.15) is 0 Å². The van der Waals surface area contributed by atoms with Crippen molar-refractivity contribution in [2.75, 3.05) is 31.6 Å². The Hall–Kier alpha value is -1.02. The van der Waals surface area contributed by atoms with E-state index in [0.29, 0.717) is 5.92 Å². The van der Waals surface area contributed by atoms with Crippen LogP contribution in [0.4, 0.5) is 5.69 Å². The van der Waals surface area contributed by atoms with E-state index in [0.717, 1.165) is 6.04 Å². The highest BCUT2D eigenvalue weighted by atomic mass is 15.2. The number of likely N-dealkylation sites (tertiary alicyclic amines) is 1. The van der Waals surface area contributed by atoms with E-state index < -0.39 is 0 Å².